The first-order chi connectivity index (χ1) is 10.4. The van der Waals surface area contributed by atoms with Crippen LogP contribution < -0.4 is 0 Å². The van der Waals surface area contributed by atoms with Gasteiger partial charge in [0, 0.05) is 14.1 Å². The van der Waals surface area contributed by atoms with Crippen molar-refractivity contribution < 1.29 is 13.6 Å². The number of halogens is 2. The molecule has 0 aliphatic rings. The minimum atomic E-state index is -2.66. The number of benzene rings is 1. The van der Waals surface area contributed by atoms with Crippen LogP contribution in [0.1, 0.15) is 19.3 Å². The topological polar surface area (TPSA) is 41.4 Å². The van der Waals surface area contributed by atoms with Crippen molar-refractivity contribution in [3.63, 3.8) is 0 Å². The van der Waals surface area contributed by atoms with Crippen LogP contribution in [-0.4, -0.2) is 52.4 Å². The van der Waals surface area contributed by atoms with Gasteiger partial charge in [0.25, 0.3) is 0 Å². The molecule has 5 nitrogen and oxygen atoms in total. The van der Waals surface area contributed by atoms with E-state index in [2.05, 4.69) is 4.98 Å². The highest BCUT2D eigenvalue weighted by molar-refractivity contribution is 5.78. The fraction of sp³-hybridized carbons (Fsp3) is 0.467. The van der Waals surface area contributed by atoms with E-state index < -0.39 is 6.55 Å². The zero-order valence-corrected chi connectivity index (χ0v) is 13.0. The van der Waals surface area contributed by atoms with Crippen LogP contribution >= 0.6 is 0 Å². The summed E-state index contributed by atoms with van der Waals surface area (Å²) in [6.07, 6.45) is 0. The van der Waals surface area contributed by atoms with Gasteiger partial charge in [-0.05, 0) is 18.7 Å². The van der Waals surface area contributed by atoms with E-state index in [9.17, 15) is 13.6 Å². The van der Waals surface area contributed by atoms with Crippen LogP contribution in [-0.2, 0) is 11.3 Å². The van der Waals surface area contributed by atoms with Crippen molar-refractivity contribution >= 4 is 16.9 Å². The van der Waals surface area contributed by atoms with Crippen molar-refractivity contribution in [3.05, 3.63) is 30.1 Å². The van der Waals surface area contributed by atoms with Crippen molar-refractivity contribution in [2.24, 2.45) is 0 Å². The molecular formula is C15H20F2N4O. The van der Waals surface area contributed by atoms with E-state index >= 15 is 0 Å². The molecule has 0 fully saturated rings. The molecule has 1 amide bonds. The summed E-state index contributed by atoms with van der Waals surface area (Å²) in [5, 5.41) is 0. The lowest BCUT2D eigenvalue weighted by Crippen LogP contribution is -2.36. The fourth-order valence-electron chi connectivity index (χ4n) is 2.24. The van der Waals surface area contributed by atoms with Crippen LogP contribution in [0.5, 0.6) is 0 Å². The summed E-state index contributed by atoms with van der Waals surface area (Å²) in [6.45, 7) is 0.181. The Bertz CT molecular complexity index is 654. The molecule has 2 aromatic rings. The molecular weight excluding hydrogens is 290 g/mol. The molecule has 1 aromatic heterocycles. The van der Waals surface area contributed by atoms with Gasteiger partial charge in [0.15, 0.2) is 0 Å². The smallest absolute Gasteiger partial charge is 0.320 e. The number of fused-ring (bicyclic) bond motifs is 1. The van der Waals surface area contributed by atoms with E-state index in [1.165, 1.54) is 4.90 Å². The Morgan fingerprint density at radius 2 is 2.00 bits per heavy atom. The van der Waals surface area contributed by atoms with Gasteiger partial charge >= 0.3 is 6.55 Å². The lowest BCUT2D eigenvalue weighted by molar-refractivity contribution is -0.130. The van der Waals surface area contributed by atoms with E-state index in [0.29, 0.717) is 17.6 Å². The Balaban J connectivity index is 2.29. The van der Waals surface area contributed by atoms with Crippen LogP contribution in [0.3, 0.4) is 0 Å². The number of carbonyl (C=O) groups excluding carboxylic acids is 1. The predicted molar refractivity (Wildman–Crippen MR) is 80.6 cm³/mol. The van der Waals surface area contributed by atoms with Crippen LogP contribution in [0, 0.1) is 0 Å². The average molecular weight is 310 g/mol. The van der Waals surface area contributed by atoms with Gasteiger partial charge in [-0.25, -0.2) is 4.98 Å². The first-order valence-electron chi connectivity index (χ1n) is 7.10. The van der Waals surface area contributed by atoms with Gasteiger partial charge in [-0.1, -0.05) is 19.1 Å². The second-order valence-electron chi connectivity index (χ2n) is 5.26. The van der Waals surface area contributed by atoms with Crippen LogP contribution in [0.2, 0.25) is 0 Å². The number of rotatable bonds is 6. The number of alkyl halides is 2. The molecule has 2 rings (SSSR count). The summed E-state index contributed by atoms with van der Waals surface area (Å²) >= 11 is 0. The zero-order valence-electron chi connectivity index (χ0n) is 13.0. The minimum Gasteiger partial charge on any atom is -0.348 e. The molecule has 0 saturated heterocycles. The van der Waals surface area contributed by atoms with Gasteiger partial charge < -0.3 is 4.90 Å². The lowest BCUT2D eigenvalue weighted by atomic mass is 10.3. The van der Waals surface area contributed by atoms with Gasteiger partial charge in [-0.2, -0.15) is 8.78 Å². The van der Waals surface area contributed by atoms with E-state index in [1.807, 2.05) is 6.92 Å². The molecule has 0 N–H and O–H groups in total. The van der Waals surface area contributed by atoms with Crippen molar-refractivity contribution in [2.75, 3.05) is 27.2 Å². The highest BCUT2D eigenvalue weighted by Crippen LogP contribution is 2.23. The van der Waals surface area contributed by atoms with Gasteiger partial charge in [0.1, 0.15) is 5.82 Å². The summed E-state index contributed by atoms with van der Waals surface area (Å²) in [7, 11) is 3.34. The maximum atomic E-state index is 13.4. The maximum absolute atomic E-state index is 13.4. The van der Waals surface area contributed by atoms with Crippen molar-refractivity contribution in [1.29, 1.82) is 0 Å². The SMILES string of the molecule is CCN(CC(=O)N(C)C)Cc1nc2ccccc2n1C(F)F. The van der Waals surface area contributed by atoms with Crippen LogP contribution in [0.15, 0.2) is 24.3 Å². The lowest BCUT2D eigenvalue weighted by Gasteiger charge is -2.22. The third-order valence-electron chi connectivity index (χ3n) is 3.53. The number of aromatic nitrogens is 2. The van der Waals surface area contributed by atoms with Crippen LogP contribution in [0.4, 0.5) is 8.78 Å². The molecule has 120 valence electrons. The highest BCUT2D eigenvalue weighted by Gasteiger charge is 2.20. The molecule has 0 spiro atoms. The normalized spacial score (nSPS) is 11.6. The van der Waals surface area contributed by atoms with Crippen molar-refractivity contribution in [3.8, 4) is 0 Å². The number of para-hydroxylation sites is 2. The molecule has 0 bridgehead atoms. The van der Waals surface area contributed by atoms with Crippen molar-refractivity contribution in [2.45, 2.75) is 20.0 Å². The molecule has 0 saturated carbocycles. The quantitative estimate of drug-likeness (QED) is 0.822. The molecule has 22 heavy (non-hydrogen) atoms. The number of likely N-dealkylation sites (N-methyl/N-ethyl adjacent to an activating group) is 2. The monoisotopic (exact) mass is 310 g/mol. The third kappa shape index (κ3) is 3.41. The Hall–Kier alpha value is -2.02. The zero-order chi connectivity index (χ0) is 16.3. The largest absolute Gasteiger partial charge is 0.348 e. The van der Waals surface area contributed by atoms with Gasteiger partial charge in [-0.15, -0.1) is 0 Å². The molecule has 0 radical (unpaired) electrons. The second kappa shape index (κ2) is 6.83. The van der Waals surface area contributed by atoms with Crippen LogP contribution in [0.25, 0.3) is 11.0 Å². The molecule has 1 heterocycles. The Labute approximate surface area is 128 Å². The first-order valence-corrected chi connectivity index (χ1v) is 7.10. The molecule has 0 unspecified atom stereocenters. The molecule has 0 aliphatic heterocycles. The number of carbonyl (C=O) groups is 1. The Morgan fingerprint density at radius 3 is 2.59 bits per heavy atom. The van der Waals surface area contributed by atoms with E-state index in [-0.39, 0.29) is 24.8 Å². The van der Waals surface area contributed by atoms with E-state index in [0.717, 1.165) is 4.57 Å². The predicted octanol–water partition coefficient (Wildman–Crippen LogP) is 2.34. The van der Waals surface area contributed by atoms with Gasteiger partial charge in [0.2, 0.25) is 5.91 Å². The number of amides is 1. The maximum Gasteiger partial charge on any atom is 0.320 e. The third-order valence-corrected chi connectivity index (χ3v) is 3.53. The summed E-state index contributed by atoms with van der Waals surface area (Å²) < 4.78 is 27.7. The summed E-state index contributed by atoms with van der Waals surface area (Å²) in [4.78, 5) is 19.4. The highest BCUT2D eigenvalue weighted by atomic mass is 19.3. The van der Waals surface area contributed by atoms with E-state index in [4.69, 9.17) is 0 Å². The second-order valence-corrected chi connectivity index (χ2v) is 5.26. The van der Waals surface area contributed by atoms with Gasteiger partial charge in [-0.3, -0.25) is 14.3 Å². The number of hydrogen-bond donors (Lipinski definition) is 0. The standard InChI is InChI=1S/C15H20F2N4O/c1-4-20(10-14(22)19(2)3)9-13-18-11-7-5-6-8-12(11)21(13)15(16)17/h5-8,15H,4,9-10H2,1-3H3. The Morgan fingerprint density at radius 1 is 1.32 bits per heavy atom. The molecule has 1 aromatic carbocycles. The molecule has 7 heteroatoms. The summed E-state index contributed by atoms with van der Waals surface area (Å²) in [5.41, 5.74) is 0.940. The number of hydrogen-bond acceptors (Lipinski definition) is 3. The Kier molecular flexibility index (Phi) is 5.07. The molecule has 0 aliphatic carbocycles. The van der Waals surface area contributed by atoms with E-state index in [1.54, 1.807) is 43.3 Å². The molecule has 0 atom stereocenters. The summed E-state index contributed by atoms with van der Waals surface area (Å²) in [6, 6.07) is 6.81. The summed E-state index contributed by atoms with van der Waals surface area (Å²) in [5.74, 6) is 0.200. The van der Waals surface area contributed by atoms with Gasteiger partial charge in [0.05, 0.1) is 24.1 Å². The number of nitrogens with zero attached hydrogens (tertiary/aromatic N) is 4. The first kappa shape index (κ1) is 16.4. The minimum absolute atomic E-state index is 0.0680. The average Bonchev–Trinajstić information content (AvgIpc) is 2.84. The van der Waals surface area contributed by atoms with Crippen molar-refractivity contribution in [1.82, 2.24) is 19.4 Å². The number of imidazole rings is 1. The fourth-order valence-corrected chi connectivity index (χ4v) is 2.24.